The van der Waals surface area contributed by atoms with Crippen LogP contribution in [0.25, 0.3) is 0 Å². The van der Waals surface area contributed by atoms with Crippen LogP contribution in [-0.4, -0.2) is 23.9 Å². The van der Waals surface area contributed by atoms with Gasteiger partial charge in [-0.15, -0.1) is 0 Å². The first kappa shape index (κ1) is 19.6. The maximum Gasteiger partial charge on any atom is 0.274 e. The number of rotatable bonds is 5. The molecule has 3 aromatic rings. The fourth-order valence-corrected chi connectivity index (χ4v) is 2.67. The van der Waals surface area contributed by atoms with Gasteiger partial charge in [0.15, 0.2) is 0 Å². The van der Waals surface area contributed by atoms with E-state index in [1.54, 1.807) is 42.5 Å². The number of carbonyl (C=O) groups is 2. The van der Waals surface area contributed by atoms with E-state index in [-0.39, 0.29) is 11.4 Å². The number of amides is 2. The third-order valence-corrected chi connectivity index (χ3v) is 4.11. The van der Waals surface area contributed by atoms with Crippen LogP contribution in [-0.2, 0) is 0 Å². The SMILES string of the molecule is COc1ccc(C)cc1NC(=O)c1cccc(C(=O)Nc2ccccc2C#N)n1. The molecule has 1 heterocycles. The van der Waals surface area contributed by atoms with Crippen molar-refractivity contribution in [2.75, 3.05) is 17.7 Å². The van der Waals surface area contributed by atoms with Crippen LogP contribution in [0.5, 0.6) is 5.75 Å². The van der Waals surface area contributed by atoms with E-state index in [0.717, 1.165) is 5.56 Å². The van der Waals surface area contributed by atoms with Gasteiger partial charge in [-0.3, -0.25) is 9.59 Å². The summed E-state index contributed by atoms with van der Waals surface area (Å²) in [6.07, 6.45) is 0. The lowest BCUT2D eigenvalue weighted by Gasteiger charge is -2.11. The Morgan fingerprint density at radius 1 is 0.931 bits per heavy atom. The number of nitrogens with zero attached hydrogens (tertiary/aromatic N) is 2. The maximum absolute atomic E-state index is 12.6. The van der Waals surface area contributed by atoms with Gasteiger partial charge in [-0.2, -0.15) is 5.26 Å². The zero-order chi connectivity index (χ0) is 20.8. The summed E-state index contributed by atoms with van der Waals surface area (Å²) in [5, 5.41) is 14.5. The lowest BCUT2D eigenvalue weighted by Crippen LogP contribution is -2.19. The fraction of sp³-hybridized carbons (Fsp3) is 0.0909. The van der Waals surface area contributed by atoms with Crippen LogP contribution >= 0.6 is 0 Å². The molecule has 0 aliphatic heterocycles. The molecule has 0 unspecified atom stereocenters. The molecule has 0 spiro atoms. The molecule has 144 valence electrons. The highest BCUT2D eigenvalue weighted by Gasteiger charge is 2.15. The molecule has 3 rings (SSSR count). The van der Waals surface area contributed by atoms with E-state index in [0.29, 0.717) is 22.7 Å². The Labute approximate surface area is 168 Å². The van der Waals surface area contributed by atoms with Gasteiger partial charge in [0.2, 0.25) is 0 Å². The van der Waals surface area contributed by atoms with Crippen molar-refractivity contribution in [2.24, 2.45) is 0 Å². The number of para-hydroxylation sites is 1. The number of aryl methyl sites for hydroxylation is 1. The van der Waals surface area contributed by atoms with Gasteiger partial charge in [-0.1, -0.05) is 24.3 Å². The van der Waals surface area contributed by atoms with E-state index in [1.165, 1.54) is 19.2 Å². The van der Waals surface area contributed by atoms with Crippen LogP contribution < -0.4 is 15.4 Å². The molecule has 0 saturated carbocycles. The molecule has 0 aliphatic rings. The molecule has 2 aromatic carbocycles. The molecule has 0 aliphatic carbocycles. The normalized spacial score (nSPS) is 9.97. The number of hydrogen-bond acceptors (Lipinski definition) is 5. The van der Waals surface area contributed by atoms with Gasteiger partial charge < -0.3 is 15.4 Å². The van der Waals surface area contributed by atoms with E-state index in [9.17, 15) is 9.59 Å². The average Bonchev–Trinajstić information content (AvgIpc) is 2.74. The van der Waals surface area contributed by atoms with Crippen LogP contribution in [0.3, 0.4) is 0 Å². The summed E-state index contributed by atoms with van der Waals surface area (Å²) in [4.78, 5) is 29.3. The van der Waals surface area contributed by atoms with Crippen molar-refractivity contribution in [1.82, 2.24) is 4.98 Å². The number of nitrogens with one attached hydrogen (secondary N) is 2. The molecule has 0 bridgehead atoms. The van der Waals surface area contributed by atoms with Gasteiger partial charge >= 0.3 is 0 Å². The summed E-state index contributed by atoms with van der Waals surface area (Å²) in [6.45, 7) is 1.90. The van der Waals surface area contributed by atoms with Crippen molar-refractivity contribution >= 4 is 23.2 Å². The van der Waals surface area contributed by atoms with E-state index >= 15 is 0 Å². The van der Waals surface area contributed by atoms with Crippen LogP contribution in [0, 0.1) is 18.3 Å². The molecule has 2 amide bonds. The van der Waals surface area contributed by atoms with Crippen LogP contribution in [0.2, 0.25) is 0 Å². The molecule has 2 N–H and O–H groups in total. The highest BCUT2D eigenvalue weighted by Crippen LogP contribution is 2.25. The highest BCUT2D eigenvalue weighted by atomic mass is 16.5. The van der Waals surface area contributed by atoms with Crippen molar-refractivity contribution in [3.05, 3.63) is 83.2 Å². The molecule has 7 nitrogen and oxygen atoms in total. The summed E-state index contributed by atoms with van der Waals surface area (Å²) < 4.78 is 5.26. The Bertz CT molecular complexity index is 1120. The minimum Gasteiger partial charge on any atom is -0.495 e. The van der Waals surface area contributed by atoms with E-state index in [2.05, 4.69) is 15.6 Å². The quantitative estimate of drug-likeness (QED) is 0.694. The minimum atomic E-state index is -0.518. The number of methoxy groups -OCH3 is 1. The second-order valence-electron chi connectivity index (χ2n) is 6.18. The van der Waals surface area contributed by atoms with Crippen LogP contribution in [0.1, 0.15) is 32.1 Å². The Morgan fingerprint density at radius 3 is 2.24 bits per heavy atom. The lowest BCUT2D eigenvalue weighted by molar-refractivity contribution is 0.101. The van der Waals surface area contributed by atoms with Crippen LogP contribution in [0.15, 0.2) is 60.7 Å². The molecule has 0 radical (unpaired) electrons. The molecular formula is C22H18N4O3. The van der Waals surface area contributed by atoms with Gasteiger partial charge in [0.1, 0.15) is 23.2 Å². The monoisotopic (exact) mass is 386 g/mol. The topological polar surface area (TPSA) is 104 Å². The van der Waals surface area contributed by atoms with Crippen molar-refractivity contribution in [2.45, 2.75) is 6.92 Å². The van der Waals surface area contributed by atoms with Gasteiger partial charge in [-0.05, 0) is 48.9 Å². The highest BCUT2D eigenvalue weighted by molar-refractivity contribution is 6.06. The Balaban J connectivity index is 1.80. The Morgan fingerprint density at radius 2 is 1.59 bits per heavy atom. The summed E-state index contributed by atoms with van der Waals surface area (Å²) in [5.41, 5.74) is 2.31. The first-order valence-electron chi connectivity index (χ1n) is 8.75. The zero-order valence-corrected chi connectivity index (χ0v) is 15.9. The van der Waals surface area contributed by atoms with E-state index in [1.807, 2.05) is 19.1 Å². The van der Waals surface area contributed by atoms with Crippen molar-refractivity contribution in [3.63, 3.8) is 0 Å². The lowest BCUT2D eigenvalue weighted by atomic mass is 10.2. The largest absolute Gasteiger partial charge is 0.495 e. The number of aromatic nitrogens is 1. The molecule has 7 heteroatoms. The molecule has 29 heavy (non-hydrogen) atoms. The Hall–Kier alpha value is -4.18. The maximum atomic E-state index is 12.6. The molecule has 0 atom stereocenters. The van der Waals surface area contributed by atoms with Gasteiger partial charge in [0.25, 0.3) is 11.8 Å². The first-order valence-corrected chi connectivity index (χ1v) is 8.75. The van der Waals surface area contributed by atoms with Gasteiger partial charge in [0.05, 0.1) is 24.0 Å². The number of hydrogen-bond donors (Lipinski definition) is 2. The van der Waals surface area contributed by atoms with Gasteiger partial charge in [0, 0.05) is 0 Å². The second kappa shape index (κ2) is 8.67. The summed E-state index contributed by atoms with van der Waals surface area (Å²) in [6, 6.07) is 18.6. The fourth-order valence-electron chi connectivity index (χ4n) is 2.67. The number of anilines is 2. The third-order valence-electron chi connectivity index (χ3n) is 4.11. The Kier molecular flexibility index (Phi) is 5.85. The van der Waals surface area contributed by atoms with Crippen molar-refractivity contribution in [3.8, 4) is 11.8 Å². The van der Waals surface area contributed by atoms with Crippen molar-refractivity contribution < 1.29 is 14.3 Å². The number of nitriles is 1. The van der Waals surface area contributed by atoms with Crippen molar-refractivity contribution in [1.29, 1.82) is 5.26 Å². The summed E-state index contributed by atoms with van der Waals surface area (Å²) in [7, 11) is 1.52. The number of pyridine rings is 1. The number of ether oxygens (including phenoxy) is 1. The standard InChI is InChI=1S/C22H18N4O3/c1-14-10-11-20(29-2)19(12-14)26-22(28)18-9-5-8-17(24-18)21(27)25-16-7-4-3-6-15(16)13-23/h3-12H,1-2H3,(H,25,27)(H,26,28). The second-order valence-corrected chi connectivity index (χ2v) is 6.18. The van der Waals surface area contributed by atoms with E-state index < -0.39 is 11.8 Å². The third kappa shape index (κ3) is 4.57. The summed E-state index contributed by atoms with van der Waals surface area (Å²) in [5.74, 6) is -0.470. The van der Waals surface area contributed by atoms with E-state index in [4.69, 9.17) is 10.00 Å². The van der Waals surface area contributed by atoms with Gasteiger partial charge in [-0.25, -0.2) is 4.98 Å². The van der Waals surface area contributed by atoms with Crippen LogP contribution in [0.4, 0.5) is 11.4 Å². The predicted octanol–water partition coefficient (Wildman–Crippen LogP) is 3.77. The first-order chi connectivity index (χ1) is 14.0. The smallest absolute Gasteiger partial charge is 0.274 e. The number of carbonyl (C=O) groups excluding carboxylic acids is 2. The number of benzene rings is 2. The zero-order valence-electron chi connectivity index (χ0n) is 15.9. The summed E-state index contributed by atoms with van der Waals surface area (Å²) >= 11 is 0. The molecule has 1 aromatic heterocycles. The molecule has 0 fully saturated rings. The average molecular weight is 386 g/mol. The predicted molar refractivity (Wildman–Crippen MR) is 109 cm³/mol. The minimum absolute atomic E-state index is 0.0570. The molecular weight excluding hydrogens is 368 g/mol. The molecule has 0 saturated heterocycles.